The lowest BCUT2D eigenvalue weighted by Crippen LogP contribution is -2.36. The molecule has 0 aliphatic rings. The van der Waals surface area contributed by atoms with Gasteiger partial charge in [-0.3, -0.25) is 9.59 Å². The molecular weight excluding hydrogens is 228 g/mol. The molecule has 0 unspecified atom stereocenters. The minimum atomic E-state index is -0.531. The maximum absolute atomic E-state index is 11.4. The third-order valence-corrected chi connectivity index (χ3v) is 2.50. The third-order valence-electron chi connectivity index (χ3n) is 2.50. The quantitative estimate of drug-likeness (QED) is 0.772. The fraction of sp³-hybridized carbons (Fsp3) is 0.200. The summed E-state index contributed by atoms with van der Waals surface area (Å²) in [5.74, 6) is 0.183. The fourth-order valence-electron chi connectivity index (χ4n) is 1.64. The van der Waals surface area contributed by atoms with Gasteiger partial charge in [0.05, 0.1) is 11.7 Å². The molecule has 0 radical (unpaired) electrons. The van der Waals surface area contributed by atoms with Crippen molar-refractivity contribution in [1.82, 2.24) is 0 Å². The smallest absolute Gasteiger partial charge is 0.268 e. The first-order chi connectivity index (χ1) is 8.59. The Labute approximate surface area is 105 Å². The molecule has 0 aliphatic carbocycles. The Kier molecular flexibility index (Phi) is 3.42. The van der Waals surface area contributed by atoms with Crippen LogP contribution in [0.4, 0.5) is 0 Å². The molecule has 0 atom stereocenters. The van der Waals surface area contributed by atoms with Crippen LogP contribution in [-0.4, -0.2) is 6.10 Å². The zero-order valence-corrected chi connectivity index (χ0v) is 10.3. The van der Waals surface area contributed by atoms with Crippen molar-refractivity contribution in [2.45, 2.75) is 20.0 Å². The van der Waals surface area contributed by atoms with E-state index in [1.807, 2.05) is 44.2 Å². The molecule has 0 saturated heterocycles. The van der Waals surface area contributed by atoms with Crippen LogP contribution in [0.5, 0.6) is 5.75 Å². The summed E-state index contributed by atoms with van der Waals surface area (Å²) in [5, 5.41) is 0. The molecule has 0 aromatic heterocycles. The van der Waals surface area contributed by atoms with Gasteiger partial charge in [-0.1, -0.05) is 36.4 Å². The Morgan fingerprint density at radius 1 is 1.00 bits per heavy atom. The molecule has 2 aromatic carbocycles. The van der Waals surface area contributed by atoms with Gasteiger partial charge in [0.1, 0.15) is 0 Å². The summed E-state index contributed by atoms with van der Waals surface area (Å²) < 4.78 is 5.33. The standard InChI is InChI=1S/C15H14O3/c1-10(2)18-15-12(13(16)14(15)17)9-8-11-6-4-3-5-7-11/h3-10H,1-2H3/b9-8+. The lowest BCUT2D eigenvalue weighted by Gasteiger charge is -2.12. The van der Waals surface area contributed by atoms with Crippen molar-refractivity contribution in [2.24, 2.45) is 0 Å². The summed E-state index contributed by atoms with van der Waals surface area (Å²) in [5.41, 5.74) is 0.327. The van der Waals surface area contributed by atoms with Crippen LogP contribution in [0.3, 0.4) is 0 Å². The Bertz CT molecular complexity index is 629. The van der Waals surface area contributed by atoms with Crippen molar-refractivity contribution in [2.75, 3.05) is 0 Å². The highest BCUT2D eigenvalue weighted by Crippen LogP contribution is 2.16. The van der Waals surface area contributed by atoms with Crippen LogP contribution in [0.2, 0.25) is 0 Å². The Morgan fingerprint density at radius 3 is 2.28 bits per heavy atom. The second-order valence-electron chi connectivity index (χ2n) is 4.31. The van der Waals surface area contributed by atoms with Crippen molar-refractivity contribution in [3.63, 3.8) is 0 Å². The van der Waals surface area contributed by atoms with Crippen LogP contribution in [0.25, 0.3) is 12.2 Å². The predicted molar refractivity (Wildman–Crippen MR) is 72.5 cm³/mol. The van der Waals surface area contributed by atoms with Gasteiger partial charge < -0.3 is 4.74 Å². The maximum Gasteiger partial charge on any atom is 0.268 e. The lowest BCUT2D eigenvalue weighted by molar-refractivity contribution is 0.236. The van der Waals surface area contributed by atoms with E-state index in [0.29, 0.717) is 5.56 Å². The van der Waals surface area contributed by atoms with Gasteiger partial charge in [0.25, 0.3) is 5.43 Å². The largest absolute Gasteiger partial charge is 0.486 e. The van der Waals surface area contributed by atoms with Crippen LogP contribution in [0, 0.1) is 0 Å². The average Bonchev–Trinajstić information content (AvgIpc) is 2.38. The molecule has 18 heavy (non-hydrogen) atoms. The highest BCUT2D eigenvalue weighted by Gasteiger charge is 2.20. The first-order valence-electron chi connectivity index (χ1n) is 5.82. The molecule has 3 heteroatoms. The number of benzene rings is 1. The number of hydrogen-bond donors (Lipinski definition) is 0. The first kappa shape index (κ1) is 12.3. The summed E-state index contributed by atoms with van der Waals surface area (Å²) in [4.78, 5) is 22.8. The van der Waals surface area contributed by atoms with Crippen molar-refractivity contribution >= 4 is 12.2 Å². The first-order valence-corrected chi connectivity index (χ1v) is 5.82. The molecule has 2 aromatic rings. The van der Waals surface area contributed by atoms with E-state index in [4.69, 9.17) is 4.74 Å². The summed E-state index contributed by atoms with van der Waals surface area (Å²) in [7, 11) is 0. The minimum Gasteiger partial charge on any atom is -0.486 e. The normalized spacial score (nSPS) is 11.5. The molecule has 0 N–H and O–H groups in total. The highest BCUT2D eigenvalue weighted by molar-refractivity contribution is 5.74. The van der Waals surface area contributed by atoms with Gasteiger partial charge in [0.2, 0.25) is 5.43 Å². The van der Waals surface area contributed by atoms with Gasteiger partial charge in [-0.25, -0.2) is 0 Å². The molecule has 0 amide bonds. The molecule has 92 valence electrons. The van der Waals surface area contributed by atoms with Crippen molar-refractivity contribution < 1.29 is 4.74 Å². The Morgan fingerprint density at radius 2 is 1.67 bits per heavy atom. The van der Waals surface area contributed by atoms with E-state index in [0.717, 1.165) is 5.56 Å². The molecule has 0 aliphatic heterocycles. The Balaban J connectivity index is 2.25. The second-order valence-corrected chi connectivity index (χ2v) is 4.31. The van der Waals surface area contributed by atoms with Crippen LogP contribution in [-0.2, 0) is 0 Å². The molecule has 0 bridgehead atoms. The van der Waals surface area contributed by atoms with Gasteiger partial charge in [-0.15, -0.1) is 0 Å². The van der Waals surface area contributed by atoms with E-state index < -0.39 is 10.9 Å². The fourth-order valence-corrected chi connectivity index (χ4v) is 1.64. The molecule has 0 heterocycles. The van der Waals surface area contributed by atoms with E-state index >= 15 is 0 Å². The summed E-state index contributed by atoms with van der Waals surface area (Å²) >= 11 is 0. The molecule has 0 saturated carbocycles. The van der Waals surface area contributed by atoms with Gasteiger partial charge in [-0.2, -0.15) is 0 Å². The second kappa shape index (κ2) is 5.00. The summed E-state index contributed by atoms with van der Waals surface area (Å²) in [6, 6.07) is 9.58. The zero-order valence-electron chi connectivity index (χ0n) is 10.3. The highest BCUT2D eigenvalue weighted by atomic mass is 16.5. The topological polar surface area (TPSA) is 43.4 Å². The van der Waals surface area contributed by atoms with Crippen LogP contribution >= 0.6 is 0 Å². The third kappa shape index (κ3) is 2.40. The van der Waals surface area contributed by atoms with E-state index in [1.54, 1.807) is 12.2 Å². The van der Waals surface area contributed by atoms with E-state index in [9.17, 15) is 9.59 Å². The average molecular weight is 242 g/mol. The monoisotopic (exact) mass is 242 g/mol. The summed E-state index contributed by atoms with van der Waals surface area (Å²) in [6.07, 6.45) is 3.32. The number of hydrogen-bond acceptors (Lipinski definition) is 3. The van der Waals surface area contributed by atoms with Crippen LogP contribution < -0.4 is 15.6 Å². The SMILES string of the molecule is CC(C)Oc1c(/C=C/c2ccccc2)c(=O)c1=O. The zero-order chi connectivity index (χ0) is 13.1. The van der Waals surface area contributed by atoms with E-state index in [1.165, 1.54) is 0 Å². The van der Waals surface area contributed by atoms with Crippen molar-refractivity contribution in [1.29, 1.82) is 0 Å². The van der Waals surface area contributed by atoms with Crippen LogP contribution in [0.15, 0.2) is 39.9 Å². The molecule has 3 nitrogen and oxygen atoms in total. The predicted octanol–water partition coefficient (Wildman–Crippen LogP) is 2.24. The lowest BCUT2D eigenvalue weighted by atomic mass is 10.1. The molecule has 2 rings (SSSR count). The Hall–Kier alpha value is -2.16. The van der Waals surface area contributed by atoms with Gasteiger partial charge in [0.15, 0.2) is 5.75 Å². The van der Waals surface area contributed by atoms with Gasteiger partial charge >= 0.3 is 0 Å². The van der Waals surface area contributed by atoms with Crippen molar-refractivity contribution in [3.8, 4) is 5.75 Å². The molecule has 0 fully saturated rings. The van der Waals surface area contributed by atoms with E-state index in [-0.39, 0.29) is 11.9 Å². The number of rotatable bonds is 4. The number of ether oxygens (including phenoxy) is 1. The van der Waals surface area contributed by atoms with E-state index in [2.05, 4.69) is 0 Å². The summed E-state index contributed by atoms with van der Waals surface area (Å²) in [6.45, 7) is 3.64. The molecule has 0 spiro atoms. The maximum atomic E-state index is 11.4. The minimum absolute atomic E-state index is 0.114. The van der Waals surface area contributed by atoms with Crippen molar-refractivity contribution in [3.05, 3.63) is 61.9 Å². The van der Waals surface area contributed by atoms with Gasteiger partial charge in [-0.05, 0) is 25.5 Å². The molecular formula is C15H14O3. The van der Waals surface area contributed by atoms with Gasteiger partial charge in [0, 0.05) is 0 Å². The van der Waals surface area contributed by atoms with Crippen LogP contribution in [0.1, 0.15) is 25.0 Å².